The van der Waals surface area contributed by atoms with Crippen LogP contribution in [-0.2, 0) is 0 Å². The summed E-state index contributed by atoms with van der Waals surface area (Å²) in [6.45, 7) is 2.39. The molecule has 0 aromatic heterocycles. The molecule has 3 N–H and O–H groups in total. The molecule has 1 aromatic rings. The van der Waals surface area contributed by atoms with Crippen molar-refractivity contribution < 1.29 is 10.1 Å². The average Bonchev–Trinajstić information content (AvgIpc) is 2.82. The fourth-order valence-electron chi connectivity index (χ4n) is 2.12. The van der Waals surface area contributed by atoms with Gasteiger partial charge in [0.25, 0.3) is 0 Å². The van der Waals surface area contributed by atoms with Crippen molar-refractivity contribution in [2.24, 2.45) is 5.10 Å². The second-order valence-corrected chi connectivity index (χ2v) is 4.14. The van der Waals surface area contributed by atoms with Crippen LogP contribution in [0.25, 0.3) is 0 Å². The number of nitrogens with one attached hydrogen (secondary N) is 1. The van der Waals surface area contributed by atoms with Crippen LogP contribution in [0.4, 0.5) is 0 Å². The molecule has 0 aliphatic carbocycles. The maximum atomic E-state index is 10.2. The fourth-order valence-corrected chi connectivity index (χ4v) is 2.12. The number of nitrogens with zero attached hydrogens (tertiary/aromatic N) is 3. The Bertz CT molecular complexity index is 462. The van der Waals surface area contributed by atoms with Gasteiger partial charge < -0.3 is 15.4 Å². The summed E-state index contributed by atoms with van der Waals surface area (Å²) in [5.41, 5.74) is 1.51. The van der Waals surface area contributed by atoms with Gasteiger partial charge in [0.2, 0.25) is 0 Å². The Balaban J connectivity index is 1.92. The lowest BCUT2D eigenvalue weighted by atomic mass is 9.71. The first-order chi connectivity index (χ1) is 8.25. The van der Waals surface area contributed by atoms with E-state index in [1.807, 2.05) is 5.01 Å². The van der Waals surface area contributed by atoms with E-state index in [2.05, 4.69) is 10.4 Å². The first-order valence-corrected chi connectivity index (χ1v) is 5.55. The third-order valence-electron chi connectivity index (χ3n) is 3.01. The molecule has 0 atom stereocenters. The SMILES string of the molecule is OB1c2ccc(O)cc2C=NN1N1CCNC1. The molecule has 2 aliphatic heterocycles. The Hall–Kier alpha value is -1.57. The highest BCUT2D eigenvalue weighted by Crippen LogP contribution is 2.14. The van der Waals surface area contributed by atoms with E-state index in [0.717, 1.165) is 24.1 Å². The Morgan fingerprint density at radius 3 is 3.06 bits per heavy atom. The normalized spacial score (nSPS) is 19.8. The van der Waals surface area contributed by atoms with E-state index in [9.17, 15) is 10.1 Å². The van der Waals surface area contributed by atoms with Gasteiger partial charge in [-0.1, -0.05) is 6.07 Å². The van der Waals surface area contributed by atoms with Crippen molar-refractivity contribution in [3.63, 3.8) is 0 Å². The Labute approximate surface area is 99.3 Å². The van der Waals surface area contributed by atoms with Gasteiger partial charge in [-0.15, -0.1) is 0 Å². The van der Waals surface area contributed by atoms with Crippen LogP contribution in [0.1, 0.15) is 5.56 Å². The molecule has 2 aliphatic rings. The molecule has 88 valence electrons. The molecule has 1 saturated heterocycles. The minimum atomic E-state index is -0.796. The minimum absolute atomic E-state index is 0.179. The molecule has 0 radical (unpaired) electrons. The average molecular weight is 232 g/mol. The summed E-state index contributed by atoms with van der Waals surface area (Å²) in [7, 11) is -0.796. The van der Waals surface area contributed by atoms with Crippen LogP contribution in [0.15, 0.2) is 23.3 Å². The van der Waals surface area contributed by atoms with Crippen molar-refractivity contribution in [2.45, 2.75) is 0 Å². The van der Waals surface area contributed by atoms with Gasteiger partial charge in [0.15, 0.2) is 0 Å². The van der Waals surface area contributed by atoms with Crippen LogP contribution in [-0.4, -0.2) is 53.2 Å². The van der Waals surface area contributed by atoms with Gasteiger partial charge in [-0.3, -0.25) is 0 Å². The molecule has 7 heteroatoms. The molecular weight excluding hydrogens is 219 g/mol. The lowest BCUT2D eigenvalue weighted by Crippen LogP contribution is -2.56. The van der Waals surface area contributed by atoms with Crippen molar-refractivity contribution >= 4 is 18.7 Å². The summed E-state index contributed by atoms with van der Waals surface area (Å²) in [6, 6.07) is 4.89. The highest BCUT2D eigenvalue weighted by Gasteiger charge is 2.34. The zero-order chi connectivity index (χ0) is 11.8. The van der Waals surface area contributed by atoms with Gasteiger partial charge >= 0.3 is 7.05 Å². The monoisotopic (exact) mass is 232 g/mol. The predicted octanol–water partition coefficient (Wildman–Crippen LogP) is -1.49. The largest absolute Gasteiger partial charge is 0.508 e. The van der Waals surface area contributed by atoms with Crippen molar-refractivity contribution in [1.82, 2.24) is 15.4 Å². The van der Waals surface area contributed by atoms with E-state index >= 15 is 0 Å². The Kier molecular flexibility index (Phi) is 2.51. The Morgan fingerprint density at radius 2 is 2.29 bits per heavy atom. The standard InChI is InChI=1S/C10H13BN4O2/c16-9-1-2-10-8(5-9)6-13-15(11(10)17)14-4-3-12-7-14/h1-2,5-6,12,16-17H,3-4,7H2. The minimum Gasteiger partial charge on any atom is -0.508 e. The van der Waals surface area contributed by atoms with Crippen LogP contribution in [0.3, 0.4) is 0 Å². The molecule has 6 nitrogen and oxygen atoms in total. The van der Waals surface area contributed by atoms with E-state index in [0.29, 0.717) is 6.67 Å². The molecule has 1 fully saturated rings. The topological polar surface area (TPSA) is 71.3 Å². The second kappa shape index (κ2) is 4.03. The van der Waals surface area contributed by atoms with Crippen molar-refractivity contribution in [1.29, 1.82) is 0 Å². The van der Waals surface area contributed by atoms with Gasteiger partial charge in [-0.25, -0.2) is 5.03 Å². The van der Waals surface area contributed by atoms with Crippen LogP contribution in [0.2, 0.25) is 0 Å². The molecule has 2 heterocycles. The van der Waals surface area contributed by atoms with Crippen LogP contribution < -0.4 is 10.8 Å². The van der Waals surface area contributed by atoms with Gasteiger partial charge in [0.05, 0.1) is 12.9 Å². The summed E-state index contributed by atoms with van der Waals surface area (Å²) < 4.78 is 0. The number of hydrazine groups is 1. The molecule has 0 unspecified atom stereocenters. The highest BCUT2D eigenvalue weighted by atomic mass is 16.3. The maximum absolute atomic E-state index is 10.2. The van der Waals surface area contributed by atoms with Crippen LogP contribution >= 0.6 is 0 Å². The van der Waals surface area contributed by atoms with E-state index in [1.54, 1.807) is 29.4 Å². The zero-order valence-electron chi connectivity index (χ0n) is 9.24. The van der Waals surface area contributed by atoms with Gasteiger partial charge in [0, 0.05) is 13.1 Å². The number of rotatable bonds is 1. The number of benzene rings is 1. The highest BCUT2D eigenvalue weighted by molar-refractivity contribution is 6.65. The van der Waals surface area contributed by atoms with E-state index in [4.69, 9.17) is 0 Å². The molecular formula is C10H13BN4O2. The molecule has 0 saturated carbocycles. The number of fused-ring (bicyclic) bond motifs is 1. The smallest absolute Gasteiger partial charge is 0.483 e. The van der Waals surface area contributed by atoms with Crippen molar-refractivity contribution in [2.75, 3.05) is 19.8 Å². The quantitative estimate of drug-likeness (QED) is 0.514. The summed E-state index contributed by atoms with van der Waals surface area (Å²) in [5.74, 6) is 0.179. The van der Waals surface area contributed by atoms with Crippen molar-refractivity contribution in [3.8, 4) is 5.75 Å². The number of phenolic OH excluding ortho intramolecular Hbond substituents is 1. The molecule has 17 heavy (non-hydrogen) atoms. The fraction of sp³-hybridized carbons (Fsp3) is 0.300. The second-order valence-electron chi connectivity index (χ2n) is 4.14. The number of hydrogen-bond acceptors (Lipinski definition) is 6. The molecule has 0 bridgehead atoms. The summed E-state index contributed by atoms with van der Waals surface area (Å²) in [5, 5.41) is 30.5. The number of hydrazone groups is 1. The summed E-state index contributed by atoms with van der Waals surface area (Å²) in [4.78, 5) is 0. The van der Waals surface area contributed by atoms with Crippen molar-refractivity contribution in [3.05, 3.63) is 23.8 Å². The molecule has 0 spiro atoms. The number of aromatic hydroxyl groups is 1. The molecule has 3 rings (SSSR count). The number of phenols is 1. The lowest BCUT2D eigenvalue weighted by Gasteiger charge is -2.33. The van der Waals surface area contributed by atoms with Gasteiger partial charge in [-0.05, 0) is 23.2 Å². The molecule has 0 amide bonds. The third kappa shape index (κ3) is 1.78. The molecule has 1 aromatic carbocycles. The van der Waals surface area contributed by atoms with Crippen LogP contribution in [0.5, 0.6) is 5.75 Å². The van der Waals surface area contributed by atoms with Crippen LogP contribution in [0, 0.1) is 0 Å². The van der Waals surface area contributed by atoms with E-state index in [-0.39, 0.29) is 5.75 Å². The number of hydrogen-bond donors (Lipinski definition) is 3. The summed E-state index contributed by atoms with van der Waals surface area (Å²) >= 11 is 0. The van der Waals surface area contributed by atoms with Gasteiger partial charge in [0.1, 0.15) is 5.75 Å². The third-order valence-corrected chi connectivity index (χ3v) is 3.01. The zero-order valence-corrected chi connectivity index (χ0v) is 9.24. The predicted molar refractivity (Wildman–Crippen MR) is 64.7 cm³/mol. The van der Waals surface area contributed by atoms with Gasteiger partial charge in [-0.2, -0.15) is 10.1 Å². The maximum Gasteiger partial charge on any atom is 0.483 e. The lowest BCUT2D eigenvalue weighted by molar-refractivity contribution is 0.0711. The first kappa shape index (κ1) is 10.6. The van der Waals surface area contributed by atoms with E-state index in [1.165, 1.54) is 0 Å². The first-order valence-electron chi connectivity index (χ1n) is 5.55. The summed E-state index contributed by atoms with van der Waals surface area (Å²) in [6.07, 6.45) is 1.65. The Morgan fingerprint density at radius 1 is 1.41 bits per heavy atom. The van der Waals surface area contributed by atoms with E-state index < -0.39 is 7.05 Å².